The molecule has 6 nitrogen and oxygen atoms in total. The van der Waals surface area contributed by atoms with Gasteiger partial charge in [-0.25, -0.2) is 0 Å². The van der Waals surface area contributed by atoms with Gasteiger partial charge in [-0.1, -0.05) is 24.3 Å². The summed E-state index contributed by atoms with van der Waals surface area (Å²) in [6, 6.07) is 14.5. The molecule has 1 aliphatic rings. The van der Waals surface area contributed by atoms with E-state index in [9.17, 15) is 9.59 Å². The number of rotatable bonds is 8. The van der Waals surface area contributed by atoms with Crippen LogP contribution in [0, 0.1) is 0 Å². The number of methoxy groups -OCH3 is 1. The zero-order valence-electron chi connectivity index (χ0n) is 15.4. The largest absolute Gasteiger partial charge is 0.480 e. The molecule has 0 aromatic heterocycles. The van der Waals surface area contributed by atoms with E-state index < -0.39 is 6.10 Å². The molecule has 2 N–H and O–H groups in total. The number of fused-ring (bicyclic) bond motifs is 1. The third-order valence-electron chi connectivity index (χ3n) is 4.39. The Bertz CT molecular complexity index is 781. The van der Waals surface area contributed by atoms with Crippen LogP contribution in [-0.4, -0.2) is 38.2 Å². The summed E-state index contributed by atoms with van der Waals surface area (Å²) in [4.78, 5) is 24.7. The standard InChI is InChI=1S/C21H24N2O4/c1-26-12-5-4-11-22-20(24)16-8-6-9-17(13-16)23-21(25)19-14-15-7-2-3-10-18(15)27-19/h2-3,6-10,13,19H,4-5,11-12,14H2,1H3,(H,22,24)(H,23,25). The SMILES string of the molecule is COCCCCNC(=O)c1cccc(NC(=O)C2Cc3ccccc3O2)c1. The Labute approximate surface area is 158 Å². The molecule has 0 radical (unpaired) electrons. The van der Waals surface area contributed by atoms with Gasteiger partial charge in [0.2, 0.25) is 0 Å². The minimum absolute atomic E-state index is 0.159. The topological polar surface area (TPSA) is 76.7 Å². The first-order valence-electron chi connectivity index (χ1n) is 9.10. The van der Waals surface area contributed by atoms with Crippen molar-refractivity contribution in [2.24, 2.45) is 0 Å². The lowest BCUT2D eigenvalue weighted by atomic mass is 10.1. The number of amides is 2. The van der Waals surface area contributed by atoms with Gasteiger partial charge >= 0.3 is 0 Å². The fourth-order valence-corrected chi connectivity index (χ4v) is 2.96. The van der Waals surface area contributed by atoms with Crippen molar-refractivity contribution < 1.29 is 19.1 Å². The second-order valence-corrected chi connectivity index (χ2v) is 6.44. The van der Waals surface area contributed by atoms with Gasteiger partial charge in [0.1, 0.15) is 5.75 Å². The van der Waals surface area contributed by atoms with E-state index in [1.807, 2.05) is 24.3 Å². The Kier molecular flexibility index (Phi) is 6.44. The van der Waals surface area contributed by atoms with Crippen molar-refractivity contribution in [2.45, 2.75) is 25.4 Å². The van der Waals surface area contributed by atoms with Gasteiger partial charge in [0.25, 0.3) is 11.8 Å². The maximum Gasteiger partial charge on any atom is 0.265 e. The van der Waals surface area contributed by atoms with Crippen LogP contribution in [0.5, 0.6) is 5.75 Å². The third-order valence-corrected chi connectivity index (χ3v) is 4.39. The molecule has 1 atom stereocenters. The first-order chi connectivity index (χ1) is 13.2. The summed E-state index contributed by atoms with van der Waals surface area (Å²) in [7, 11) is 1.66. The molecular formula is C21H24N2O4. The molecule has 0 bridgehead atoms. The molecule has 142 valence electrons. The predicted molar refractivity (Wildman–Crippen MR) is 103 cm³/mol. The van der Waals surface area contributed by atoms with Gasteiger partial charge in [-0.2, -0.15) is 0 Å². The Morgan fingerprint density at radius 2 is 2.00 bits per heavy atom. The van der Waals surface area contributed by atoms with Gasteiger partial charge in [-0.15, -0.1) is 0 Å². The summed E-state index contributed by atoms with van der Waals surface area (Å²) in [6.07, 6.45) is 1.75. The highest BCUT2D eigenvalue weighted by Gasteiger charge is 2.28. The molecule has 27 heavy (non-hydrogen) atoms. The zero-order chi connectivity index (χ0) is 19.1. The molecule has 0 spiro atoms. The van der Waals surface area contributed by atoms with E-state index in [0.717, 1.165) is 24.2 Å². The number of para-hydroxylation sites is 1. The summed E-state index contributed by atoms with van der Waals surface area (Å²) in [6.45, 7) is 1.28. The summed E-state index contributed by atoms with van der Waals surface area (Å²) in [5.41, 5.74) is 2.11. The maximum absolute atomic E-state index is 12.5. The second kappa shape index (κ2) is 9.19. The minimum atomic E-state index is -0.555. The molecular weight excluding hydrogens is 344 g/mol. The lowest BCUT2D eigenvalue weighted by Crippen LogP contribution is -2.31. The fourth-order valence-electron chi connectivity index (χ4n) is 2.96. The van der Waals surface area contributed by atoms with Crippen molar-refractivity contribution >= 4 is 17.5 Å². The minimum Gasteiger partial charge on any atom is -0.480 e. The van der Waals surface area contributed by atoms with Gasteiger partial charge < -0.3 is 20.1 Å². The Balaban J connectivity index is 1.53. The van der Waals surface area contributed by atoms with E-state index in [1.54, 1.807) is 31.4 Å². The molecule has 2 aromatic rings. The summed E-state index contributed by atoms with van der Waals surface area (Å²) in [5.74, 6) is 0.371. The van der Waals surface area contributed by atoms with Crippen LogP contribution in [0.3, 0.4) is 0 Å². The van der Waals surface area contributed by atoms with Crippen LogP contribution >= 0.6 is 0 Å². The predicted octanol–water partition coefficient (Wildman–Crippen LogP) is 2.79. The number of carbonyl (C=O) groups excluding carboxylic acids is 2. The van der Waals surface area contributed by atoms with Crippen LogP contribution in [0.15, 0.2) is 48.5 Å². The summed E-state index contributed by atoms with van der Waals surface area (Å²) >= 11 is 0. The van der Waals surface area contributed by atoms with Crippen LogP contribution in [0.25, 0.3) is 0 Å². The quantitative estimate of drug-likeness (QED) is 0.703. The van der Waals surface area contributed by atoms with E-state index in [-0.39, 0.29) is 11.8 Å². The van der Waals surface area contributed by atoms with Crippen molar-refractivity contribution in [2.75, 3.05) is 25.6 Å². The highest BCUT2D eigenvalue weighted by Crippen LogP contribution is 2.28. The summed E-state index contributed by atoms with van der Waals surface area (Å²) < 4.78 is 10.7. The average Bonchev–Trinajstić information content (AvgIpc) is 3.12. The zero-order valence-corrected chi connectivity index (χ0v) is 15.4. The molecule has 1 aliphatic heterocycles. The van der Waals surface area contributed by atoms with Gasteiger partial charge in [0, 0.05) is 37.9 Å². The normalized spacial score (nSPS) is 14.9. The number of unbranched alkanes of at least 4 members (excludes halogenated alkanes) is 1. The third kappa shape index (κ3) is 5.08. The smallest absolute Gasteiger partial charge is 0.265 e. The molecule has 0 fully saturated rings. The number of carbonyl (C=O) groups is 2. The number of benzene rings is 2. The van der Waals surface area contributed by atoms with Crippen molar-refractivity contribution in [1.29, 1.82) is 0 Å². The number of nitrogens with one attached hydrogen (secondary N) is 2. The molecule has 6 heteroatoms. The fraction of sp³-hybridized carbons (Fsp3) is 0.333. The Hall–Kier alpha value is -2.86. The Morgan fingerprint density at radius 3 is 2.81 bits per heavy atom. The van der Waals surface area contributed by atoms with Crippen molar-refractivity contribution in [3.8, 4) is 5.75 Å². The highest BCUT2D eigenvalue weighted by atomic mass is 16.5. The second-order valence-electron chi connectivity index (χ2n) is 6.44. The van der Waals surface area contributed by atoms with E-state index in [2.05, 4.69) is 10.6 Å². The lowest BCUT2D eigenvalue weighted by Gasteiger charge is -2.12. The summed E-state index contributed by atoms with van der Waals surface area (Å²) in [5, 5.41) is 5.71. The van der Waals surface area contributed by atoms with Gasteiger partial charge in [0.15, 0.2) is 6.10 Å². The first kappa shape index (κ1) is 18.9. The van der Waals surface area contributed by atoms with Crippen LogP contribution in [0.2, 0.25) is 0 Å². The van der Waals surface area contributed by atoms with Crippen LogP contribution in [0.1, 0.15) is 28.8 Å². The van der Waals surface area contributed by atoms with Crippen molar-refractivity contribution in [3.05, 3.63) is 59.7 Å². The van der Waals surface area contributed by atoms with E-state index in [0.29, 0.717) is 30.8 Å². The number of ether oxygens (including phenoxy) is 2. The van der Waals surface area contributed by atoms with Crippen LogP contribution < -0.4 is 15.4 Å². The number of hydrogen-bond donors (Lipinski definition) is 2. The van der Waals surface area contributed by atoms with Crippen molar-refractivity contribution in [1.82, 2.24) is 5.32 Å². The highest BCUT2D eigenvalue weighted by molar-refractivity contribution is 5.98. The van der Waals surface area contributed by atoms with Crippen molar-refractivity contribution in [3.63, 3.8) is 0 Å². The molecule has 2 aromatic carbocycles. The van der Waals surface area contributed by atoms with Crippen LogP contribution in [-0.2, 0) is 16.0 Å². The monoisotopic (exact) mass is 368 g/mol. The molecule has 0 aliphatic carbocycles. The molecule has 0 saturated carbocycles. The number of hydrogen-bond acceptors (Lipinski definition) is 4. The number of anilines is 1. The van der Waals surface area contributed by atoms with Gasteiger partial charge in [-0.3, -0.25) is 9.59 Å². The Morgan fingerprint density at radius 1 is 1.15 bits per heavy atom. The molecule has 3 rings (SSSR count). The van der Waals surface area contributed by atoms with E-state index in [1.165, 1.54) is 0 Å². The molecule has 2 amide bonds. The first-order valence-corrected chi connectivity index (χ1v) is 9.10. The lowest BCUT2D eigenvalue weighted by molar-refractivity contribution is -0.122. The van der Waals surface area contributed by atoms with Gasteiger partial charge in [-0.05, 0) is 42.7 Å². The molecule has 1 heterocycles. The van der Waals surface area contributed by atoms with E-state index in [4.69, 9.17) is 9.47 Å². The van der Waals surface area contributed by atoms with Gasteiger partial charge in [0.05, 0.1) is 0 Å². The maximum atomic E-state index is 12.5. The molecule has 0 saturated heterocycles. The van der Waals surface area contributed by atoms with Crippen LogP contribution in [0.4, 0.5) is 5.69 Å². The van der Waals surface area contributed by atoms with E-state index >= 15 is 0 Å². The molecule has 1 unspecified atom stereocenters. The average molecular weight is 368 g/mol.